The molecular formula is C17H25N3O3. The molecule has 0 aromatic heterocycles. The highest BCUT2D eigenvalue weighted by Gasteiger charge is 2.20. The van der Waals surface area contributed by atoms with Gasteiger partial charge in [0.1, 0.15) is 0 Å². The Morgan fingerprint density at radius 1 is 1.17 bits per heavy atom. The predicted molar refractivity (Wildman–Crippen MR) is 88.3 cm³/mol. The monoisotopic (exact) mass is 319 g/mol. The number of methoxy groups -OCH3 is 1. The fraction of sp³-hybridized carbons (Fsp3) is 0.529. The summed E-state index contributed by atoms with van der Waals surface area (Å²) in [5, 5.41) is 3.23. The van der Waals surface area contributed by atoms with E-state index in [-0.39, 0.29) is 11.8 Å². The Labute approximate surface area is 137 Å². The lowest BCUT2D eigenvalue weighted by Crippen LogP contribution is -2.47. The second kappa shape index (κ2) is 9.27. The van der Waals surface area contributed by atoms with Crippen molar-refractivity contribution < 1.29 is 14.3 Å². The van der Waals surface area contributed by atoms with Crippen LogP contribution in [-0.2, 0) is 9.53 Å². The first-order valence-corrected chi connectivity index (χ1v) is 8.04. The van der Waals surface area contributed by atoms with Crippen molar-refractivity contribution in [2.24, 2.45) is 0 Å². The van der Waals surface area contributed by atoms with E-state index in [4.69, 9.17) is 4.74 Å². The van der Waals surface area contributed by atoms with Crippen molar-refractivity contribution in [2.45, 2.75) is 6.42 Å². The first kappa shape index (κ1) is 17.4. The zero-order valence-electron chi connectivity index (χ0n) is 13.7. The van der Waals surface area contributed by atoms with Crippen LogP contribution in [0.3, 0.4) is 0 Å². The summed E-state index contributed by atoms with van der Waals surface area (Å²) < 4.78 is 5.08. The van der Waals surface area contributed by atoms with Crippen LogP contribution in [0.2, 0.25) is 0 Å². The molecule has 23 heavy (non-hydrogen) atoms. The van der Waals surface area contributed by atoms with Crippen LogP contribution in [0.15, 0.2) is 30.3 Å². The second-order valence-corrected chi connectivity index (χ2v) is 5.53. The van der Waals surface area contributed by atoms with Gasteiger partial charge in [0, 0.05) is 58.4 Å². The number of nitrogens with zero attached hydrogens (tertiary/aromatic N) is 2. The van der Waals surface area contributed by atoms with E-state index in [0.717, 1.165) is 26.2 Å². The maximum absolute atomic E-state index is 12.6. The van der Waals surface area contributed by atoms with Gasteiger partial charge in [-0.05, 0) is 12.1 Å². The molecule has 0 aliphatic carbocycles. The van der Waals surface area contributed by atoms with Gasteiger partial charge < -0.3 is 19.9 Å². The van der Waals surface area contributed by atoms with Crippen LogP contribution in [0.25, 0.3) is 0 Å². The average Bonchev–Trinajstić information content (AvgIpc) is 2.62. The van der Waals surface area contributed by atoms with E-state index in [0.29, 0.717) is 31.7 Å². The van der Waals surface area contributed by atoms with Gasteiger partial charge in [-0.1, -0.05) is 18.2 Å². The zero-order chi connectivity index (χ0) is 16.5. The lowest BCUT2D eigenvalue weighted by atomic mass is 10.2. The number of carbonyl (C=O) groups excluding carboxylic acids is 2. The van der Waals surface area contributed by atoms with Crippen molar-refractivity contribution in [1.82, 2.24) is 15.1 Å². The molecule has 1 heterocycles. The molecule has 0 bridgehead atoms. The molecular weight excluding hydrogens is 294 g/mol. The molecule has 1 aromatic carbocycles. The van der Waals surface area contributed by atoms with Crippen LogP contribution in [-0.4, -0.2) is 74.6 Å². The average molecular weight is 319 g/mol. The van der Waals surface area contributed by atoms with E-state index in [1.807, 2.05) is 23.1 Å². The van der Waals surface area contributed by atoms with Crippen molar-refractivity contribution in [3.63, 3.8) is 0 Å². The third-order valence-electron chi connectivity index (χ3n) is 3.94. The second-order valence-electron chi connectivity index (χ2n) is 5.53. The molecule has 2 rings (SSSR count). The quantitative estimate of drug-likeness (QED) is 0.799. The molecule has 2 amide bonds. The summed E-state index contributed by atoms with van der Waals surface area (Å²) in [5.74, 6) is 0.0468. The molecule has 6 heteroatoms. The number of hydrogen-bond acceptors (Lipinski definition) is 4. The third-order valence-corrected chi connectivity index (χ3v) is 3.94. The number of benzene rings is 1. The van der Waals surface area contributed by atoms with Gasteiger partial charge in [-0.15, -0.1) is 0 Å². The molecule has 1 fully saturated rings. The summed E-state index contributed by atoms with van der Waals surface area (Å²) in [6.45, 7) is 4.51. The summed E-state index contributed by atoms with van der Waals surface area (Å²) in [4.78, 5) is 28.4. The molecule has 126 valence electrons. The van der Waals surface area contributed by atoms with Gasteiger partial charge in [-0.2, -0.15) is 0 Å². The molecule has 0 spiro atoms. The Balaban J connectivity index is 1.92. The Morgan fingerprint density at radius 2 is 1.87 bits per heavy atom. The van der Waals surface area contributed by atoms with Gasteiger partial charge in [0.2, 0.25) is 5.91 Å². The molecule has 6 nitrogen and oxygen atoms in total. The fourth-order valence-corrected chi connectivity index (χ4v) is 2.58. The first-order chi connectivity index (χ1) is 11.2. The molecule has 1 aromatic rings. The van der Waals surface area contributed by atoms with Gasteiger partial charge in [0.15, 0.2) is 0 Å². The molecule has 1 N–H and O–H groups in total. The maximum Gasteiger partial charge on any atom is 0.253 e. The summed E-state index contributed by atoms with van der Waals surface area (Å²) in [6.07, 6.45) is 0.349. The number of hydrogen-bond donors (Lipinski definition) is 1. The molecule has 0 saturated carbocycles. The maximum atomic E-state index is 12.6. The van der Waals surface area contributed by atoms with Crippen molar-refractivity contribution in [2.75, 3.05) is 53.0 Å². The predicted octanol–water partition coefficient (Wildman–Crippen LogP) is 0.597. The highest BCUT2D eigenvalue weighted by Crippen LogP contribution is 2.07. The summed E-state index contributed by atoms with van der Waals surface area (Å²) in [6, 6.07) is 9.14. The van der Waals surface area contributed by atoms with E-state index in [9.17, 15) is 9.59 Å². The Morgan fingerprint density at radius 3 is 2.52 bits per heavy atom. The minimum atomic E-state index is -0.0595. The van der Waals surface area contributed by atoms with E-state index in [1.165, 1.54) is 0 Å². The smallest absolute Gasteiger partial charge is 0.253 e. The lowest BCUT2D eigenvalue weighted by molar-refractivity contribution is -0.132. The molecule has 0 radical (unpaired) electrons. The SMILES string of the molecule is COCCN(CCC(=O)N1CCNCC1)C(=O)c1ccccc1. The Kier molecular flexibility index (Phi) is 7.03. The fourth-order valence-electron chi connectivity index (χ4n) is 2.58. The number of amides is 2. The van der Waals surface area contributed by atoms with E-state index < -0.39 is 0 Å². The van der Waals surface area contributed by atoms with Gasteiger partial charge in [-0.3, -0.25) is 9.59 Å². The molecule has 0 atom stereocenters. The summed E-state index contributed by atoms with van der Waals surface area (Å²) >= 11 is 0. The van der Waals surface area contributed by atoms with Gasteiger partial charge >= 0.3 is 0 Å². The van der Waals surface area contributed by atoms with Crippen molar-refractivity contribution in [3.05, 3.63) is 35.9 Å². The van der Waals surface area contributed by atoms with Crippen molar-refractivity contribution in [3.8, 4) is 0 Å². The standard InChI is InChI=1S/C17H25N3O3/c1-23-14-13-20(17(22)15-5-3-2-4-6-15)10-7-16(21)19-11-8-18-9-12-19/h2-6,18H,7-14H2,1H3. The van der Waals surface area contributed by atoms with Crippen molar-refractivity contribution >= 4 is 11.8 Å². The van der Waals surface area contributed by atoms with Crippen LogP contribution < -0.4 is 5.32 Å². The molecule has 1 saturated heterocycles. The summed E-state index contributed by atoms with van der Waals surface area (Å²) in [5.41, 5.74) is 0.637. The highest BCUT2D eigenvalue weighted by molar-refractivity contribution is 5.94. The van der Waals surface area contributed by atoms with Crippen LogP contribution in [0.4, 0.5) is 0 Å². The van der Waals surface area contributed by atoms with Gasteiger partial charge in [-0.25, -0.2) is 0 Å². The third kappa shape index (κ3) is 5.33. The topological polar surface area (TPSA) is 61.9 Å². The summed E-state index contributed by atoms with van der Waals surface area (Å²) in [7, 11) is 1.61. The number of carbonyl (C=O) groups is 2. The van der Waals surface area contributed by atoms with Crippen LogP contribution in [0, 0.1) is 0 Å². The van der Waals surface area contributed by atoms with Crippen LogP contribution in [0.5, 0.6) is 0 Å². The van der Waals surface area contributed by atoms with E-state index >= 15 is 0 Å². The zero-order valence-corrected chi connectivity index (χ0v) is 13.7. The van der Waals surface area contributed by atoms with Crippen LogP contribution in [0.1, 0.15) is 16.8 Å². The minimum absolute atomic E-state index is 0.0595. The normalized spacial score (nSPS) is 14.6. The van der Waals surface area contributed by atoms with Gasteiger partial charge in [0.05, 0.1) is 6.61 Å². The molecule has 1 aliphatic heterocycles. The van der Waals surface area contributed by atoms with E-state index in [2.05, 4.69) is 5.32 Å². The van der Waals surface area contributed by atoms with Gasteiger partial charge in [0.25, 0.3) is 5.91 Å². The number of rotatable bonds is 7. The Bertz CT molecular complexity index is 501. The van der Waals surface area contributed by atoms with Crippen LogP contribution >= 0.6 is 0 Å². The number of nitrogens with one attached hydrogen (secondary N) is 1. The highest BCUT2D eigenvalue weighted by atomic mass is 16.5. The molecule has 1 aliphatic rings. The molecule has 0 unspecified atom stereocenters. The van der Waals surface area contributed by atoms with E-state index in [1.54, 1.807) is 24.1 Å². The lowest BCUT2D eigenvalue weighted by Gasteiger charge is -2.29. The first-order valence-electron chi connectivity index (χ1n) is 8.04. The van der Waals surface area contributed by atoms with Crippen molar-refractivity contribution in [1.29, 1.82) is 0 Å². The minimum Gasteiger partial charge on any atom is -0.383 e. The Hall–Kier alpha value is -1.92. The largest absolute Gasteiger partial charge is 0.383 e. The number of piperazine rings is 1. The number of ether oxygens (including phenoxy) is 1.